The Morgan fingerprint density at radius 3 is 2.62 bits per heavy atom. The van der Waals surface area contributed by atoms with Gasteiger partial charge in [-0.05, 0) is 45.9 Å². The molecule has 1 aliphatic rings. The molecule has 1 saturated heterocycles. The molecule has 2 heterocycles. The number of carbonyl (C=O) groups excluding carboxylic acids is 1. The Labute approximate surface area is 213 Å². The summed E-state index contributed by atoms with van der Waals surface area (Å²) < 4.78 is 36.8. The Balaban J connectivity index is 1.83. The fourth-order valence-electron chi connectivity index (χ4n) is 3.63. The normalized spacial score (nSPS) is 25.7. The largest absolute Gasteiger partial charge is 0.462 e. The topological polar surface area (TPSA) is 188 Å². The highest BCUT2D eigenvalue weighted by atomic mass is 31.2. The molecule has 13 nitrogen and oxygen atoms in total. The minimum atomic E-state index is -4.25. The minimum Gasteiger partial charge on any atom is -0.462 e. The molecule has 1 aromatic heterocycles. The fourth-order valence-corrected chi connectivity index (χ4v) is 5.13. The molecule has 4 N–H and O–H groups in total. The molecule has 2 aromatic rings. The van der Waals surface area contributed by atoms with Gasteiger partial charge in [0, 0.05) is 6.20 Å². The maximum atomic E-state index is 13.7. The first-order chi connectivity index (χ1) is 17.4. The molecule has 200 valence electrons. The van der Waals surface area contributed by atoms with Gasteiger partial charge in [-0.3, -0.25) is 13.9 Å². The van der Waals surface area contributed by atoms with E-state index >= 15 is 0 Å². The molecule has 0 bridgehead atoms. The van der Waals surface area contributed by atoms with E-state index in [4.69, 9.17) is 24.3 Å². The van der Waals surface area contributed by atoms with Crippen LogP contribution in [0.5, 0.6) is 5.75 Å². The quantitative estimate of drug-likeness (QED) is 0.296. The fraction of sp³-hybridized carbons (Fsp3) is 0.478. The van der Waals surface area contributed by atoms with E-state index < -0.39 is 62.0 Å². The minimum absolute atomic E-state index is 0.0199. The molecule has 0 aliphatic carbocycles. The number of anilines is 1. The summed E-state index contributed by atoms with van der Waals surface area (Å²) in [5.41, 5.74) is 3.17. The molecule has 0 spiro atoms. The van der Waals surface area contributed by atoms with Crippen molar-refractivity contribution in [3.8, 4) is 11.8 Å². The van der Waals surface area contributed by atoms with Gasteiger partial charge in [0.1, 0.15) is 35.2 Å². The summed E-state index contributed by atoms with van der Waals surface area (Å²) in [4.78, 5) is 28.3. The van der Waals surface area contributed by atoms with E-state index in [1.807, 2.05) is 6.07 Å². The van der Waals surface area contributed by atoms with Crippen LogP contribution in [0.2, 0.25) is 0 Å². The number of aromatic nitrogens is 2. The van der Waals surface area contributed by atoms with E-state index in [0.29, 0.717) is 0 Å². The molecule has 14 heteroatoms. The lowest BCUT2D eigenvalue weighted by atomic mass is 9.84. The van der Waals surface area contributed by atoms with Crippen molar-refractivity contribution in [2.24, 2.45) is 5.41 Å². The van der Waals surface area contributed by atoms with Crippen molar-refractivity contribution in [2.45, 2.75) is 58.3 Å². The SMILES string of the molecule is CC(C)OC(=O)[C@H](C)N[P@@](=O)(OC[C@H]1O[C@@H](n2ccc(N)nc2=O)[C@](C)(C#N)[C@@H]1O)Oc1ccccc1. The molecule has 3 rings (SSSR count). The van der Waals surface area contributed by atoms with Gasteiger partial charge in [0.25, 0.3) is 0 Å². The molecule has 6 atom stereocenters. The maximum Gasteiger partial charge on any atom is 0.459 e. The van der Waals surface area contributed by atoms with E-state index in [-0.39, 0.29) is 11.6 Å². The third-order valence-corrected chi connectivity index (χ3v) is 7.21. The lowest BCUT2D eigenvalue weighted by Gasteiger charge is -2.26. The first kappa shape index (κ1) is 28.3. The third-order valence-electron chi connectivity index (χ3n) is 5.56. The first-order valence-corrected chi connectivity index (χ1v) is 13.0. The van der Waals surface area contributed by atoms with E-state index in [1.165, 1.54) is 26.1 Å². The average molecular weight is 535 g/mol. The Morgan fingerprint density at radius 1 is 1.35 bits per heavy atom. The summed E-state index contributed by atoms with van der Waals surface area (Å²) in [6.45, 7) is 5.66. The summed E-state index contributed by atoms with van der Waals surface area (Å²) in [7, 11) is -4.25. The third kappa shape index (κ3) is 6.54. The number of ether oxygens (including phenoxy) is 2. The smallest absolute Gasteiger partial charge is 0.459 e. The van der Waals surface area contributed by atoms with Gasteiger partial charge in [-0.2, -0.15) is 15.3 Å². The van der Waals surface area contributed by atoms with Crippen LogP contribution in [0.25, 0.3) is 0 Å². The van der Waals surface area contributed by atoms with Gasteiger partial charge < -0.3 is 24.8 Å². The Morgan fingerprint density at radius 2 is 2.03 bits per heavy atom. The van der Waals surface area contributed by atoms with Gasteiger partial charge >= 0.3 is 19.4 Å². The molecular weight excluding hydrogens is 505 g/mol. The van der Waals surface area contributed by atoms with E-state index in [0.717, 1.165) is 4.57 Å². The van der Waals surface area contributed by atoms with Crippen molar-refractivity contribution in [1.29, 1.82) is 5.26 Å². The van der Waals surface area contributed by atoms with Crippen LogP contribution in [0.15, 0.2) is 47.4 Å². The van der Waals surface area contributed by atoms with E-state index in [9.17, 15) is 24.5 Å². The molecular formula is C23H30N5O8P. The zero-order valence-corrected chi connectivity index (χ0v) is 21.7. The molecule has 1 aromatic carbocycles. The molecule has 1 fully saturated rings. The van der Waals surface area contributed by atoms with Crippen molar-refractivity contribution in [3.05, 3.63) is 53.1 Å². The highest BCUT2D eigenvalue weighted by molar-refractivity contribution is 7.52. The van der Waals surface area contributed by atoms with Gasteiger partial charge in [0.2, 0.25) is 0 Å². The standard InChI is InChI=1S/C23H30N5O8P/c1-14(2)34-20(30)15(3)27-37(32,36-16-8-6-5-7-9-16)33-12-17-19(29)23(4,13-24)21(35-17)28-11-10-18(25)26-22(28)31/h5-11,14-15,17,19,21,29H,12H2,1-4H3,(H,27,32)(H2,25,26,31)/t15-,17+,19+,21+,23+,37+/m0/s1. The van der Waals surface area contributed by atoms with Crippen molar-refractivity contribution >= 4 is 19.5 Å². The molecule has 0 saturated carbocycles. The number of aliphatic hydroxyl groups is 1. The lowest BCUT2D eigenvalue weighted by molar-refractivity contribution is -0.149. The number of hydrogen-bond acceptors (Lipinski definition) is 11. The number of nitrogens with two attached hydrogens (primary N) is 1. The second kappa shape index (κ2) is 11.4. The van der Waals surface area contributed by atoms with Crippen LogP contribution in [-0.2, 0) is 23.4 Å². The first-order valence-electron chi connectivity index (χ1n) is 11.5. The monoisotopic (exact) mass is 535 g/mol. The van der Waals surface area contributed by atoms with Crippen LogP contribution in [0.1, 0.15) is 33.9 Å². The lowest BCUT2D eigenvalue weighted by Crippen LogP contribution is -2.40. The maximum absolute atomic E-state index is 13.7. The van der Waals surface area contributed by atoms with Crippen molar-refractivity contribution in [3.63, 3.8) is 0 Å². The number of nitrogens with zero attached hydrogens (tertiary/aromatic N) is 3. The Bertz CT molecular complexity index is 1250. The Hall–Kier alpha value is -3.27. The number of benzene rings is 1. The number of rotatable bonds is 10. The van der Waals surface area contributed by atoms with Crippen LogP contribution >= 0.6 is 7.75 Å². The molecule has 1 aliphatic heterocycles. The van der Waals surface area contributed by atoms with E-state index in [1.54, 1.807) is 44.2 Å². The number of para-hydroxylation sites is 1. The number of nitrogen functional groups attached to an aromatic ring is 1. The summed E-state index contributed by atoms with van der Waals surface area (Å²) >= 11 is 0. The van der Waals surface area contributed by atoms with Gasteiger partial charge in [0.15, 0.2) is 6.23 Å². The highest BCUT2D eigenvalue weighted by Gasteiger charge is 2.55. The zero-order valence-electron chi connectivity index (χ0n) is 20.8. The summed E-state index contributed by atoms with van der Waals surface area (Å²) in [6.07, 6.45) is -3.01. The van der Waals surface area contributed by atoms with Crippen LogP contribution < -0.4 is 21.0 Å². The van der Waals surface area contributed by atoms with Crippen molar-refractivity contribution in [1.82, 2.24) is 14.6 Å². The van der Waals surface area contributed by atoms with Gasteiger partial charge in [-0.25, -0.2) is 9.36 Å². The molecule has 0 unspecified atom stereocenters. The van der Waals surface area contributed by atoms with Gasteiger partial charge in [-0.15, -0.1) is 0 Å². The number of hydrogen-bond donors (Lipinski definition) is 3. The van der Waals surface area contributed by atoms with Crippen LogP contribution in [-0.4, -0.2) is 51.6 Å². The number of nitrogens with one attached hydrogen (secondary N) is 1. The number of carbonyl (C=O) groups is 1. The predicted molar refractivity (Wildman–Crippen MR) is 131 cm³/mol. The van der Waals surface area contributed by atoms with E-state index in [2.05, 4.69) is 10.1 Å². The average Bonchev–Trinajstić information content (AvgIpc) is 3.08. The number of aliphatic hydroxyl groups excluding tert-OH is 1. The van der Waals surface area contributed by atoms with Crippen molar-refractivity contribution < 1.29 is 33.0 Å². The van der Waals surface area contributed by atoms with Crippen LogP contribution in [0.3, 0.4) is 0 Å². The highest BCUT2D eigenvalue weighted by Crippen LogP contribution is 2.48. The summed E-state index contributed by atoms with van der Waals surface area (Å²) in [6, 6.07) is 10.4. The van der Waals surface area contributed by atoms with Crippen LogP contribution in [0.4, 0.5) is 5.82 Å². The zero-order chi connectivity index (χ0) is 27.4. The van der Waals surface area contributed by atoms with Crippen LogP contribution in [0, 0.1) is 16.7 Å². The predicted octanol–water partition coefficient (Wildman–Crippen LogP) is 1.75. The molecule has 0 amide bonds. The summed E-state index contributed by atoms with van der Waals surface area (Å²) in [5, 5.41) is 23.3. The van der Waals surface area contributed by atoms with Crippen molar-refractivity contribution in [2.75, 3.05) is 12.3 Å². The second-order valence-electron chi connectivity index (χ2n) is 8.94. The summed E-state index contributed by atoms with van der Waals surface area (Å²) in [5.74, 6) is -0.511. The Kier molecular flexibility index (Phi) is 8.73. The van der Waals surface area contributed by atoms with Gasteiger partial charge in [-0.1, -0.05) is 18.2 Å². The number of nitriles is 1. The van der Waals surface area contributed by atoms with Gasteiger partial charge in [0.05, 0.1) is 18.8 Å². The number of esters is 1. The second-order valence-corrected chi connectivity index (χ2v) is 10.6. The molecule has 37 heavy (non-hydrogen) atoms. The molecule has 0 radical (unpaired) electrons.